The van der Waals surface area contributed by atoms with Crippen LogP contribution in [0.4, 0.5) is 0 Å². The van der Waals surface area contributed by atoms with Crippen LogP contribution in [0.25, 0.3) is 0 Å². The van der Waals surface area contributed by atoms with Crippen molar-refractivity contribution < 1.29 is 9.90 Å². The van der Waals surface area contributed by atoms with Gasteiger partial charge < -0.3 is 10.8 Å². The zero-order valence-corrected chi connectivity index (χ0v) is 13.7. The van der Waals surface area contributed by atoms with Gasteiger partial charge in [0.25, 0.3) is 5.91 Å². The first kappa shape index (κ1) is 16.8. The Kier molecular flexibility index (Phi) is 5.42. The summed E-state index contributed by atoms with van der Waals surface area (Å²) in [6.07, 6.45) is 1.18. The Hall–Kier alpha value is -1.59. The van der Waals surface area contributed by atoms with Crippen LogP contribution >= 0.6 is 0 Å². The van der Waals surface area contributed by atoms with Gasteiger partial charge in [-0.25, -0.2) is 0 Å². The van der Waals surface area contributed by atoms with Gasteiger partial charge >= 0.3 is 0 Å². The maximum Gasteiger partial charge on any atom is 0.252 e. The van der Waals surface area contributed by atoms with Crippen LogP contribution in [0, 0.1) is 0 Å². The molecule has 1 aromatic carbocycles. The molecule has 5 heteroatoms. The fraction of sp³-hybridized carbons (Fsp3) is 0.588. The summed E-state index contributed by atoms with van der Waals surface area (Å²) < 4.78 is 0. The SMILES string of the molecule is CCCN1[C@H](C)CN(Cc2ccc(C(N)=O)c(O)c2)C[C@@H]1C. The number of hydrogen-bond acceptors (Lipinski definition) is 4. The van der Waals surface area contributed by atoms with E-state index in [1.54, 1.807) is 12.1 Å². The van der Waals surface area contributed by atoms with Gasteiger partial charge in [-0.05, 0) is 44.5 Å². The molecular weight excluding hydrogens is 278 g/mol. The maximum absolute atomic E-state index is 11.2. The fourth-order valence-corrected chi connectivity index (χ4v) is 3.44. The first-order chi connectivity index (χ1) is 10.4. The zero-order chi connectivity index (χ0) is 16.3. The van der Waals surface area contributed by atoms with Crippen LogP contribution in [0.5, 0.6) is 5.75 Å². The third-order valence-corrected chi connectivity index (χ3v) is 4.39. The standard InChI is InChI=1S/C17H27N3O2/c1-4-7-20-12(2)9-19(10-13(20)3)11-14-5-6-15(17(18)22)16(21)8-14/h5-6,8,12-13,21H,4,7,9-11H2,1-3H3,(H2,18,22)/t12-,13+. The van der Waals surface area contributed by atoms with Crippen molar-refractivity contribution in [1.29, 1.82) is 0 Å². The molecule has 1 heterocycles. The molecule has 1 fully saturated rings. The number of piperazine rings is 1. The van der Waals surface area contributed by atoms with Gasteiger partial charge in [0.2, 0.25) is 0 Å². The van der Waals surface area contributed by atoms with Crippen molar-refractivity contribution in [3.05, 3.63) is 29.3 Å². The van der Waals surface area contributed by atoms with Crippen molar-refractivity contribution >= 4 is 5.91 Å². The maximum atomic E-state index is 11.2. The lowest BCUT2D eigenvalue weighted by molar-refractivity contribution is 0.0351. The van der Waals surface area contributed by atoms with Crippen LogP contribution in [0.15, 0.2) is 18.2 Å². The number of carbonyl (C=O) groups excluding carboxylic acids is 1. The van der Waals surface area contributed by atoms with Gasteiger partial charge in [-0.15, -0.1) is 0 Å². The highest BCUT2D eigenvalue weighted by Gasteiger charge is 2.28. The molecule has 1 aliphatic heterocycles. The summed E-state index contributed by atoms with van der Waals surface area (Å²) >= 11 is 0. The highest BCUT2D eigenvalue weighted by Crippen LogP contribution is 2.22. The number of carbonyl (C=O) groups is 1. The molecule has 1 saturated heterocycles. The number of primary amides is 1. The van der Waals surface area contributed by atoms with Crippen LogP contribution in [-0.2, 0) is 6.54 Å². The molecule has 122 valence electrons. The van der Waals surface area contributed by atoms with E-state index < -0.39 is 5.91 Å². The molecule has 1 aromatic rings. The molecule has 22 heavy (non-hydrogen) atoms. The number of aromatic hydroxyl groups is 1. The number of benzene rings is 1. The first-order valence-electron chi connectivity index (χ1n) is 8.02. The predicted molar refractivity (Wildman–Crippen MR) is 87.8 cm³/mol. The summed E-state index contributed by atoms with van der Waals surface area (Å²) in [4.78, 5) is 16.1. The second-order valence-electron chi connectivity index (χ2n) is 6.35. The van der Waals surface area contributed by atoms with E-state index in [4.69, 9.17) is 5.73 Å². The molecule has 5 nitrogen and oxygen atoms in total. The number of rotatable bonds is 5. The number of amides is 1. The lowest BCUT2D eigenvalue weighted by atomic mass is 10.1. The molecule has 2 rings (SSSR count). The van der Waals surface area contributed by atoms with Crippen LogP contribution in [0.2, 0.25) is 0 Å². The highest BCUT2D eigenvalue weighted by molar-refractivity contribution is 5.95. The fourth-order valence-electron chi connectivity index (χ4n) is 3.44. The van der Waals surface area contributed by atoms with Crippen molar-refractivity contribution in [2.45, 2.75) is 45.8 Å². The summed E-state index contributed by atoms with van der Waals surface area (Å²) in [5, 5.41) is 9.88. The summed E-state index contributed by atoms with van der Waals surface area (Å²) in [5.41, 5.74) is 6.40. The van der Waals surface area contributed by atoms with Crippen LogP contribution in [-0.4, -0.2) is 52.5 Å². The predicted octanol–water partition coefficient (Wildman–Crippen LogP) is 1.80. The Morgan fingerprint density at radius 1 is 1.32 bits per heavy atom. The molecule has 0 aromatic heterocycles. The lowest BCUT2D eigenvalue weighted by Gasteiger charge is -2.44. The lowest BCUT2D eigenvalue weighted by Crippen LogP contribution is -2.56. The second kappa shape index (κ2) is 7.11. The Bertz CT molecular complexity index is 521. The highest BCUT2D eigenvalue weighted by atomic mass is 16.3. The first-order valence-corrected chi connectivity index (χ1v) is 8.02. The molecule has 0 unspecified atom stereocenters. The molecule has 0 radical (unpaired) electrons. The number of nitrogens with two attached hydrogens (primary N) is 1. The van der Waals surface area contributed by atoms with Crippen molar-refractivity contribution in [3.8, 4) is 5.75 Å². The molecule has 0 aliphatic carbocycles. The van der Waals surface area contributed by atoms with Crippen LogP contribution < -0.4 is 5.73 Å². The van der Waals surface area contributed by atoms with E-state index in [-0.39, 0.29) is 11.3 Å². The van der Waals surface area contributed by atoms with Gasteiger partial charge in [-0.2, -0.15) is 0 Å². The third kappa shape index (κ3) is 3.78. The van der Waals surface area contributed by atoms with Crippen molar-refractivity contribution in [2.75, 3.05) is 19.6 Å². The summed E-state index contributed by atoms with van der Waals surface area (Å²) in [5.74, 6) is -0.629. The minimum atomic E-state index is -0.598. The largest absolute Gasteiger partial charge is 0.507 e. The quantitative estimate of drug-likeness (QED) is 0.870. The van der Waals surface area contributed by atoms with Gasteiger partial charge in [0.05, 0.1) is 5.56 Å². The Labute approximate surface area is 132 Å². The average molecular weight is 305 g/mol. The Balaban J connectivity index is 2.03. The third-order valence-electron chi connectivity index (χ3n) is 4.39. The van der Waals surface area contributed by atoms with E-state index >= 15 is 0 Å². The van der Waals surface area contributed by atoms with Gasteiger partial charge in [0.15, 0.2) is 0 Å². The van der Waals surface area contributed by atoms with Crippen molar-refractivity contribution in [1.82, 2.24) is 9.80 Å². The van der Waals surface area contributed by atoms with E-state index in [0.29, 0.717) is 12.1 Å². The summed E-state index contributed by atoms with van der Waals surface area (Å²) in [6, 6.07) is 6.18. The molecule has 0 bridgehead atoms. The van der Waals surface area contributed by atoms with Gasteiger partial charge in [0.1, 0.15) is 5.75 Å². The average Bonchev–Trinajstić information content (AvgIpc) is 2.42. The minimum absolute atomic E-state index is 0.0317. The molecule has 1 amide bonds. The molecule has 0 saturated carbocycles. The van der Waals surface area contributed by atoms with Gasteiger partial charge in [-0.3, -0.25) is 14.6 Å². The normalized spacial score (nSPS) is 23.6. The summed E-state index contributed by atoms with van der Waals surface area (Å²) in [6.45, 7) is 10.7. The smallest absolute Gasteiger partial charge is 0.252 e. The van der Waals surface area contributed by atoms with Crippen LogP contribution in [0.1, 0.15) is 43.1 Å². The minimum Gasteiger partial charge on any atom is -0.507 e. The number of nitrogens with zero attached hydrogens (tertiary/aromatic N) is 2. The molecule has 1 aliphatic rings. The Morgan fingerprint density at radius 3 is 2.45 bits per heavy atom. The Morgan fingerprint density at radius 2 is 1.95 bits per heavy atom. The molecule has 3 N–H and O–H groups in total. The number of hydrogen-bond donors (Lipinski definition) is 2. The van der Waals surface area contributed by atoms with Gasteiger partial charge in [0, 0.05) is 31.7 Å². The summed E-state index contributed by atoms with van der Waals surface area (Å²) in [7, 11) is 0. The second-order valence-corrected chi connectivity index (χ2v) is 6.35. The topological polar surface area (TPSA) is 69.8 Å². The van der Waals surface area contributed by atoms with Crippen molar-refractivity contribution in [3.63, 3.8) is 0 Å². The van der Waals surface area contributed by atoms with E-state index in [9.17, 15) is 9.90 Å². The molecule has 0 spiro atoms. The molecular formula is C17H27N3O2. The van der Waals surface area contributed by atoms with E-state index in [0.717, 1.165) is 31.7 Å². The molecule has 2 atom stereocenters. The monoisotopic (exact) mass is 305 g/mol. The van der Waals surface area contributed by atoms with Gasteiger partial charge in [-0.1, -0.05) is 13.0 Å². The van der Waals surface area contributed by atoms with E-state index in [1.807, 2.05) is 6.07 Å². The van der Waals surface area contributed by atoms with E-state index in [2.05, 4.69) is 30.6 Å². The number of phenols is 1. The van der Waals surface area contributed by atoms with Crippen LogP contribution in [0.3, 0.4) is 0 Å². The van der Waals surface area contributed by atoms with E-state index in [1.165, 1.54) is 6.42 Å². The van der Waals surface area contributed by atoms with Crippen molar-refractivity contribution in [2.24, 2.45) is 5.73 Å². The zero-order valence-electron chi connectivity index (χ0n) is 13.7.